The Balaban J connectivity index is 1.98. The number of fused-ring (bicyclic) bond motifs is 2. The lowest BCUT2D eigenvalue weighted by molar-refractivity contribution is 0.0601. The van der Waals surface area contributed by atoms with Gasteiger partial charge in [0.05, 0.1) is 29.7 Å². The molecule has 1 heterocycles. The molecule has 0 atom stereocenters. The monoisotopic (exact) mass is 333 g/mol. The van der Waals surface area contributed by atoms with Crippen LogP contribution in [0.25, 0.3) is 0 Å². The molecule has 0 bridgehead atoms. The summed E-state index contributed by atoms with van der Waals surface area (Å²) in [7, 11) is 1.41. The molecule has 118 valence electrons. The highest BCUT2D eigenvalue weighted by atomic mass is 32.2. The lowest BCUT2D eigenvalue weighted by atomic mass is 10.1. The SMILES string of the molecule is COC(=O)c1ccccc1N1c2ccccc2Sc2ccccc21. The summed E-state index contributed by atoms with van der Waals surface area (Å²) in [5, 5.41) is 0. The molecule has 0 amide bonds. The first-order chi connectivity index (χ1) is 11.8. The molecule has 0 saturated carbocycles. The molecule has 0 fully saturated rings. The number of esters is 1. The van der Waals surface area contributed by atoms with E-state index >= 15 is 0 Å². The average molecular weight is 333 g/mol. The van der Waals surface area contributed by atoms with Crippen molar-refractivity contribution in [3.8, 4) is 0 Å². The summed E-state index contributed by atoms with van der Waals surface area (Å²) in [6.45, 7) is 0. The normalized spacial score (nSPS) is 12.3. The fourth-order valence-corrected chi connectivity index (χ4v) is 3.97. The van der Waals surface area contributed by atoms with Crippen molar-refractivity contribution in [2.45, 2.75) is 9.79 Å². The first-order valence-corrected chi connectivity index (χ1v) is 8.44. The van der Waals surface area contributed by atoms with E-state index in [1.807, 2.05) is 42.5 Å². The van der Waals surface area contributed by atoms with Gasteiger partial charge in [0.15, 0.2) is 0 Å². The Hall–Kier alpha value is -2.72. The van der Waals surface area contributed by atoms with E-state index in [2.05, 4.69) is 29.2 Å². The molecule has 3 aromatic carbocycles. The zero-order valence-corrected chi connectivity index (χ0v) is 13.9. The second-order valence-electron chi connectivity index (χ2n) is 5.38. The topological polar surface area (TPSA) is 29.5 Å². The van der Waals surface area contributed by atoms with Gasteiger partial charge in [-0.2, -0.15) is 0 Å². The van der Waals surface area contributed by atoms with Gasteiger partial charge in [-0.3, -0.25) is 0 Å². The van der Waals surface area contributed by atoms with Crippen molar-refractivity contribution in [3.05, 3.63) is 78.4 Å². The number of nitrogens with zero attached hydrogens (tertiary/aromatic N) is 1. The first kappa shape index (κ1) is 14.8. The fourth-order valence-electron chi connectivity index (χ4n) is 2.92. The van der Waals surface area contributed by atoms with Crippen molar-refractivity contribution in [1.82, 2.24) is 0 Å². The highest BCUT2D eigenvalue weighted by Gasteiger charge is 2.27. The van der Waals surface area contributed by atoms with E-state index in [1.54, 1.807) is 17.8 Å². The maximum Gasteiger partial charge on any atom is 0.339 e. The Morgan fingerprint density at radius 3 is 1.88 bits per heavy atom. The Morgan fingerprint density at radius 1 is 0.792 bits per heavy atom. The summed E-state index contributed by atoms with van der Waals surface area (Å²) < 4.78 is 4.97. The van der Waals surface area contributed by atoms with Crippen molar-refractivity contribution in [2.75, 3.05) is 12.0 Å². The van der Waals surface area contributed by atoms with Gasteiger partial charge in [0, 0.05) is 9.79 Å². The van der Waals surface area contributed by atoms with Crippen LogP contribution in [0.4, 0.5) is 17.1 Å². The van der Waals surface area contributed by atoms with Crippen LogP contribution in [0.2, 0.25) is 0 Å². The molecule has 24 heavy (non-hydrogen) atoms. The lowest BCUT2D eigenvalue weighted by Gasteiger charge is -2.33. The van der Waals surface area contributed by atoms with Crippen LogP contribution in [0, 0.1) is 0 Å². The molecule has 0 aliphatic carbocycles. The third-order valence-electron chi connectivity index (χ3n) is 3.98. The largest absolute Gasteiger partial charge is 0.465 e. The van der Waals surface area contributed by atoms with Gasteiger partial charge in [-0.1, -0.05) is 48.2 Å². The molecule has 0 unspecified atom stereocenters. The molecule has 0 N–H and O–H groups in total. The fraction of sp³-hybridized carbons (Fsp3) is 0.0500. The molecular weight excluding hydrogens is 318 g/mol. The smallest absolute Gasteiger partial charge is 0.339 e. The summed E-state index contributed by atoms with van der Waals surface area (Å²) in [6.07, 6.45) is 0. The first-order valence-electron chi connectivity index (χ1n) is 7.63. The molecule has 1 aliphatic rings. The number of carbonyl (C=O) groups is 1. The number of anilines is 3. The Bertz CT molecular complexity index is 877. The van der Waals surface area contributed by atoms with Crippen molar-refractivity contribution in [2.24, 2.45) is 0 Å². The Kier molecular flexibility index (Phi) is 3.75. The van der Waals surface area contributed by atoms with Gasteiger partial charge in [-0.25, -0.2) is 4.79 Å². The molecule has 4 rings (SSSR count). The van der Waals surface area contributed by atoms with Crippen LogP contribution in [0.15, 0.2) is 82.6 Å². The van der Waals surface area contributed by atoms with Crippen molar-refractivity contribution in [1.29, 1.82) is 0 Å². The van der Waals surface area contributed by atoms with E-state index in [1.165, 1.54) is 7.11 Å². The van der Waals surface area contributed by atoms with Crippen LogP contribution in [0.1, 0.15) is 10.4 Å². The van der Waals surface area contributed by atoms with Crippen LogP contribution in [-0.4, -0.2) is 13.1 Å². The predicted octanol–water partition coefficient (Wildman–Crippen LogP) is 5.41. The molecule has 3 aromatic rings. The third-order valence-corrected chi connectivity index (χ3v) is 5.11. The second kappa shape index (κ2) is 6.06. The van der Waals surface area contributed by atoms with E-state index in [0.717, 1.165) is 26.9 Å². The highest BCUT2D eigenvalue weighted by Crippen LogP contribution is 2.51. The summed E-state index contributed by atoms with van der Waals surface area (Å²) >= 11 is 1.74. The summed E-state index contributed by atoms with van der Waals surface area (Å²) in [6, 6.07) is 24.0. The molecule has 0 radical (unpaired) electrons. The second-order valence-corrected chi connectivity index (χ2v) is 6.47. The molecular formula is C20H15NO2S. The van der Waals surface area contributed by atoms with Gasteiger partial charge in [0.25, 0.3) is 0 Å². The number of methoxy groups -OCH3 is 1. The van der Waals surface area contributed by atoms with E-state index in [0.29, 0.717) is 5.56 Å². The summed E-state index contributed by atoms with van der Waals surface area (Å²) in [4.78, 5) is 16.7. The van der Waals surface area contributed by atoms with E-state index < -0.39 is 0 Å². The van der Waals surface area contributed by atoms with Crippen LogP contribution in [0.5, 0.6) is 0 Å². The standard InChI is InChI=1S/C20H15NO2S/c1-23-20(22)14-8-2-3-9-15(14)21-16-10-4-6-12-18(16)24-19-13-7-5-11-17(19)21/h2-13H,1H3. The molecule has 4 heteroatoms. The minimum atomic E-state index is -0.334. The van der Waals surface area contributed by atoms with E-state index in [4.69, 9.17) is 4.74 Å². The maximum absolute atomic E-state index is 12.2. The number of ether oxygens (including phenoxy) is 1. The van der Waals surface area contributed by atoms with Gasteiger partial charge >= 0.3 is 5.97 Å². The minimum Gasteiger partial charge on any atom is -0.465 e. The Labute approximate surface area is 144 Å². The summed E-state index contributed by atoms with van der Waals surface area (Å²) in [5.74, 6) is -0.334. The van der Waals surface area contributed by atoms with E-state index in [-0.39, 0.29) is 5.97 Å². The number of rotatable bonds is 2. The number of benzene rings is 3. The van der Waals surface area contributed by atoms with Crippen molar-refractivity contribution >= 4 is 34.8 Å². The summed E-state index contributed by atoms with van der Waals surface area (Å²) in [5.41, 5.74) is 3.51. The predicted molar refractivity (Wildman–Crippen MR) is 96.6 cm³/mol. The highest BCUT2D eigenvalue weighted by molar-refractivity contribution is 7.99. The number of carbonyl (C=O) groups excluding carboxylic acids is 1. The van der Waals surface area contributed by atoms with Gasteiger partial charge in [-0.15, -0.1) is 0 Å². The van der Waals surface area contributed by atoms with Gasteiger partial charge in [0.1, 0.15) is 0 Å². The number of para-hydroxylation sites is 3. The van der Waals surface area contributed by atoms with Crippen molar-refractivity contribution in [3.63, 3.8) is 0 Å². The zero-order chi connectivity index (χ0) is 16.5. The van der Waals surface area contributed by atoms with Crippen LogP contribution >= 0.6 is 11.8 Å². The third kappa shape index (κ3) is 2.36. The molecule has 0 spiro atoms. The van der Waals surface area contributed by atoms with Crippen molar-refractivity contribution < 1.29 is 9.53 Å². The lowest BCUT2D eigenvalue weighted by Crippen LogP contribution is -2.18. The Morgan fingerprint density at radius 2 is 1.29 bits per heavy atom. The van der Waals surface area contributed by atoms with Gasteiger partial charge < -0.3 is 9.64 Å². The average Bonchev–Trinajstić information content (AvgIpc) is 2.65. The molecule has 1 aliphatic heterocycles. The van der Waals surface area contributed by atoms with Crippen LogP contribution in [0.3, 0.4) is 0 Å². The quantitative estimate of drug-likeness (QED) is 0.459. The van der Waals surface area contributed by atoms with Crippen LogP contribution < -0.4 is 4.90 Å². The number of hydrogen-bond acceptors (Lipinski definition) is 4. The van der Waals surface area contributed by atoms with E-state index in [9.17, 15) is 4.79 Å². The maximum atomic E-state index is 12.2. The van der Waals surface area contributed by atoms with Gasteiger partial charge in [-0.05, 0) is 36.4 Å². The molecule has 0 aromatic heterocycles. The van der Waals surface area contributed by atoms with Crippen LogP contribution in [-0.2, 0) is 4.74 Å². The minimum absolute atomic E-state index is 0.334. The molecule has 0 saturated heterocycles. The number of hydrogen-bond donors (Lipinski definition) is 0. The molecule has 3 nitrogen and oxygen atoms in total. The van der Waals surface area contributed by atoms with Gasteiger partial charge in [0.2, 0.25) is 0 Å². The zero-order valence-electron chi connectivity index (χ0n) is 13.1.